The topological polar surface area (TPSA) is 15.3 Å². The molecule has 0 bridgehead atoms. The SMILES string of the molecule is CN1CCCNC1c1cc[c]cc1. The van der Waals surface area contributed by atoms with Gasteiger partial charge in [-0.05, 0) is 31.6 Å². The van der Waals surface area contributed by atoms with Crippen molar-refractivity contribution in [1.82, 2.24) is 10.2 Å². The van der Waals surface area contributed by atoms with E-state index in [4.69, 9.17) is 0 Å². The molecule has 0 aromatic heterocycles. The fourth-order valence-corrected chi connectivity index (χ4v) is 1.81. The second kappa shape index (κ2) is 3.90. The number of hydrogen-bond donors (Lipinski definition) is 1. The molecule has 0 amide bonds. The zero-order chi connectivity index (χ0) is 9.10. The monoisotopic (exact) mass is 175 g/mol. The molecule has 0 saturated carbocycles. The summed E-state index contributed by atoms with van der Waals surface area (Å²) in [5.74, 6) is 0. The van der Waals surface area contributed by atoms with Crippen LogP contribution in [0, 0.1) is 6.07 Å². The standard InChI is InChI=1S/C11H15N2/c1-13-9-5-8-12-11(13)10-6-3-2-4-7-10/h3-4,6-7,11-12H,5,8-9H2,1H3. The minimum absolute atomic E-state index is 0.392. The predicted octanol–water partition coefficient (Wildman–Crippen LogP) is 1.41. The molecular weight excluding hydrogens is 160 g/mol. The summed E-state index contributed by atoms with van der Waals surface area (Å²) in [7, 11) is 2.16. The Kier molecular flexibility index (Phi) is 2.62. The normalized spacial score (nSPS) is 24.5. The quantitative estimate of drug-likeness (QED) is 0.694. The molecule has 1 atom stereocenters. The van der Waals surface area contributed by atoms with Gasteiger partial charge in [-0.25, -0.2) is 0 Å². The number of rotatable bonds is 1. The Hall–Kier alpha value is -0.860. The summed E-state index contributed by atoms with van der Waals surface area (Å²) in [6.07, 6.45) is 1.63. The molecular formula is C11H15N2. The van der Waals surface area contributed by atoms with Crippen LogP contribution in [-0.4, -0.2) is 25.0 Å². The molecule has 0 aliphatic carbocycles. The molecule has 1 aliphatic heterocycles. The van der Waals surface area contributed by atoms with Crippen LogP contribution in [0.1, 0.15) is 18.2 Å². The van der Waals surface area contributed by atoms with Gasteiger partial charge < -0.3 is 0 Å². The number of benzene rings is 1. The third kappa shape index (κ3) is 1.90. The van der Waals surface area contributed by atoms with Crippen LogP contribution < -0.4 is 5.32 Å². The first-order chi connectivity index (χ1) is 6.38. The van der Waals surface area contributed by atoms with Gasteiger partial charge in [0.2, 0.25) is 0 Å². The molecule has 69 valence electrons. The fraction of sp³-hybridized carbons (Fsp3) is 0.455. The number of nitrogens with one attached hydrogen (secondary N) is 1. The van der Waals surface area contributed by atoms with Crippen LogP contribution in [0.2, 0.25) is 0 Å². The highest BCUT2D eigenvalue weighted by atomic mass is 15.3. The van der Waals surface area contributed by atoms with Crippen molar-refractivity contribution in [2.24, 2.45) is 0 Å². The van der Waals surface area contributed by atoms with E-state index in [0.717, 1.165) is 6.54 Å². The lowest BCUT2D eigenvalue weighted by Crippen LogP contribution is -2.42. The summed E-state index contributed by atoms with van der Waals surface area (Å²) in [4.78, 5) is 2.35. The van der Waals surface area contributed by atoms with E-state index in [2.05, 4.69) is 35.5 Å². The highest BCUT2D eigenvalue weighted by Gasteiger charge is 2.18. The molecule has 1 aliphatic rings. The largest absolute Gasteiger partial charge is 0.298 e. The van der Waals surface area contributed by atoms with Crippen LogP contribution in [0.25, 0.3) is 0 Å². The smallest absolute Gasteiger partial charge is 0.0858 e. The first-order valence-corrected chi connectivity index (χ1v) is 4.77. The van der Waals surface area contributed by atoms with Crippen molar-refractivity contribution in [3.05, 3.63) is 35.9 Å². The summed E-state index contributed by atoms with van der Waals surface area (Å²) in [6, 6.07) is 11.2. The predicted molar refractivity (Wildman–Crippen MR) is 53.3 cm³/mol. The Bertz CT molecular complexity index is 258. The average Bonchev–Trinajstić information content (AvgIpc) is 2.20. The van der Waals surface area contributed by atoms with Crippen LogP contribution in [0.3, 0.4) is 0 Å². The van der Waals surface area contributed by atoms with Gasteiger partial charge in [0.05, 0.1) is 6.17 Å². The average molecular weight is 175 g/mol. The van der Waals surface area contributed by atoms with Crippen molar-refractivity contribution in [2.45, 2.75) is 12.6 Å². The van der Waals surface area contributed by atoms with Crippen molar-refractivity contribution in [1.29, 1.82) is 0 Å². The first kappa shape index (κ1) is 8.73. The molecule has 1 saturated heterocycles. The van der Waals surface area contributed by atoms with Crippen molar-refractivity contribution >= 4 is 0 Å². The zero-order valence-corrected chi connectivity index (χ0v) is 7.96. The van der Waals surface area contributed by atoms with Gasteiger partial charge in [-0.3, -0.25) is 10.2 Å². The van der Waals surface area contributed by atoms with Gasteiger partial charge in [-0.2, -0.15) is 0 Å². The van der Waals surface area contributed by atoms with E-state index in [0.29, 0.717) is 6.17 Å². The van der Waals surface area contributed by atoms with Gasteiger partial charge in [0.1, 0.15) is 0 Å². The van der Waals surface area contributed by atoms with Gasteiger partial charge in [-0.1, -0.05) is 24.3 Å². The Balaban J connectivity index is 2.15. The maximum atomic E-state index is 3.50. The minimum atomic E-state index is 0.392. The summed E-state index contributed by atoms with van der Waals surface area (Å²) >= 11 is 0. The molecule has 0 spiro atoms. The van der Waals surface area contributed by atoms with Crippen molar-refractivity contribution in [2.75, 3.05) is 20.1 Å². The van der Waals surface area contributed by atoms with Gasteiger partial charge in [0.25, 0.3) is 0 Å². The van der Waals surface area contributed by atoms with Gasteiger partial charge in [0.15, 0.2) is 0 Å². The molecule has 13 heavy (non-hydrogen) atoms. The van der Waals surface area contributed by atoms with E-state index in [1.165, 1.54) is 18.5 Å². The molecule has 2 rings (SSSR count). The molecule has 1 aromatic carbocycles. The van der Waals surface area contributed by atoms with Crippen molar-refractivity contribution in [3.8, 4) is 0 Å². The van der Waals surface area contributed by atoms with E-state index in [1.54, 1.807) is 0 Å². The fourth-order valence-electron chi connectivity index (χ4n) is 1.81. The lowest BCUT2D eigenvalue weighted by atomic mass is 10.1. The first-order valence-electron chi connectivity index (χ1n) is 4.77. The van der Waals surface area contributed by atoms with Crippen molar-refractivity contribution in [3.63, 3.8) is 0 Å². The Morgan fingerprint density at radius 1 is 1.46 bits per heavy atom. The summed E-state index contributed by atoms with van der Waals surface area (Å²) in [6.45, 7) is 2.30. The molecule has 1 radical (unpaired) electrons. The highest BCUT2D eigenvalue weighted by molar-refractivity contribution is 5.18. The maximum absolute atomic E-state index is 3.50. The Labute approximate surface area is 79.6 Å². The molecule has 1 heterocycles. The maximum Gasteiger partial charge on any atom is 0.0858 e. The third-order valence-electron chi connectivity index (χ3n) is 2.53. The second-order valence-corrected chi connectivity index (χ2v) is 3.52. The third-order valence-corrected chi connectivity index (χ3v) is 2.53. The molecule has 1 N–H and O–H groups in total. The molecule has 1 unspecified atom stereocenters. The van der Waals surface area contributed by atoms with Crippen LogP contribution in [-0.2, 0) is 0 Å². The van der Waals surface area contributed by atoms with Crippen LogP contribution in [0.4, 0.5) is 0 Å². The molecule has 2 nitrogen and oxygen atoms in total. The Morgan fingerprint density at radius 3 is 2.92 bits per heavy atom. The van der Waals surface area contributed by atoms with Gasteiger partial charge >= 0.3 is 0 Å². The summed E-state index contributed by atoms with van der Waals surface area (Å²) in [5, 5.41) is 3.50. The summed E-state index contributed by atoms with van der Waals surface area (Å²) < 4.78 is 0. The van der Waals surface area contributed by atoms with Gasteiger partial charge in [-0.15, -0.1) is 0 Å². The van der Waals surface area contributed by atoms with Crippen LogP contribution >= 0.6 is 0 Å². The molecule has 1 fully saturated rings. The second-order valence-electron chi connectivity index (χ2n) is 3.52. The molecule has 2 heteroatoms. The van der Waals surface area contributed by atoms with Gasteiger partial charge in [0, 0.05) is 6.54 Å². The van der Waals surface area contributed by atoms with Crippen LogP contribution in [0.5, 0.6) is 0 Å². The number of nitrogens with zero attached hydrogens (tertiary/aromatic N) is 1. The molecule has 1 aromatic rings. The van der Waals surface area contributed by atoms with E-state index >= 15 is 0 Å². The number of hydrogen-bond acceptors (Lipinski definition) is 2. The van der Waals surface area contributed by atoms with E-state index < -0.39 is 0 Å². The Morgan fingerprint density at radius 2 is 2.23 bits per heavy atom. The highest BCUT2D eigenvalue weighted by Crippen LogP contribution is 2.18. The van der Waals surface area contributed by atoms with E-state index in [9.17, 15) is 0 Å². The lowest BCUT2D eigenvalue weighted by Gasteiger charge is -2.33. The lowest BCUT2D eigenvalue weighted by molar-refractivity contribution is 0.167. The zero-order valence-electron chi connectivity index (χ0n) is 7.96. The van der Waals surface area contributed by atoms with Crippen molar-refractivity contribution < 1.29 is 0 Å². The van der Waals surface area contributed by atoms with Crippen LogP contribution in [0.15, 0.2) is 24.3 Å². The summed E-state index contributed by atoms with van der Waals surface area (Å²) in [5.41, 5.74) is 1.33. The minimum Gasteiger partial charge on any atom is -0.298 e. The van der Waals surface area contributed by atoms with E-state index in [1.807, 2.05) is 12.1 Å². The van der Waals surface area contributed by atoms with E-state index in [-0.39, 0.29) is 0 Å².